The van der Waals surface area contributed by atoms with Crippen molar-refractivity contribution in [2.75, 3.05) is 21.7 Å². The third kappa shape index (κ3) is 3.67. The number of nitrogens with two attached hydrogens (primary N) is 1. The van der Waals surface area contributed by atoms with Crippen LogP contribution in [0.5, 0.6) is 0 Å². The molecule has 0 saturated heterocycles. The largest absolute Gasteiger partial charge is 0.399 e. The molecule has 0 bridgehead atoms. The fourth-order valence-corrected chi connectivity index (χ4v) is 3.25. The number of hydrogen-bond acceptors (Lipinski definition) is 6. The van der Waals surface area contributed by atoms with E-state index >= 15 is 0 Å². The first-order valence-corrected chi connectivity index (χ1v) is 8.69. The van der Waals surface area contributed by atoms with Crippen LogP contribution >= 0.6 is 0 Å². The summed E-state index contributed by atoms with van der Waals surface area (Å²) in [6, 6.07) is 15.5. The zero-order valence-corrected chi connectivity index (χ0v) is 14.9. The average molecular weight is 360 g/mol. The highest BCUT2D eigenvalue weighted by atomic mass is 16.1. The minimum absolute atomic E-state index is 0.103. The molecule has 5 N–H and O–H groups in total. The van der Waals surface area contributed by atoms with Gasteiger partial charge < -0.3 is 21.7 Å². The highest BCUT2D eigenvalue weighted by Gasteiger charge is 2.26. The maximum atomic E-state index is 11.3. The molecule has 4 rings (SSSR count). The summed E-state index contributed by atoms with van der Waals surface area (Å²) < 4.78 is 0. The third-order valence-electron chi connectivity index (χ3n) is 4.42. The molecular weight excluding hydrogens is 340 g/mol. The predicted molar refractivity (Wildman–Crippen MR) is 107 cm³/mol. The lowest BCUT2D eigenvalue weighted by Crippen LogP contribution is -2.06. The Balaban J connectivity index is 1.58. The Morgan fingerprint density at radius 2 is 1.96 bits per heavy atom. The maximum Gasteiger partial charge on any atom is 0.221 e. The summed E-state index contributed by atoms with van der Waals surface area (Å²) in [4.78, 5) is 20.0. The first-order chi connectivity index (χ1) is 13.1. The number of amides is 1. The van der Waals surface area contributed by atoms with Crippen LogP contribution in [0.25, 0.3) is 0 Å². The molecule has 1 unspecified atom stereocenters. The van der Waals surface area contributed by atoms with E-state index in [1.807, 2.05) is 42.5 Å². The van der Waals surface area contributed by atoms with Gasteiger partial charge in [-0.3, -0.25) is 4.79 Å². The summed E-state index contributed by atoms with van der Waals surface area (Å²) in [5.74, 6) is 1.46. The van der Waals surface area contributed by atoms with Crippen LogP contribution in [0.4, 0.5) is 28.7 Å². The summed E-state index contributed by atoms with van der Waals surface area (Å²) in [5.41, 5.74) is 10.4. The van der Waals surface area contributed by atoms with Gasteiger partial charge in [0.1, 0.15) is 18.0 Å². The molecule has 1 atom stereocenters. The number of nitrogen functional groups attached to an aromatic ring is 1. The van der Waals surface area contributed by atoms with Crippen LogP contribution in [0, 0.1) is 0 Å². The molecule has 7 nitrogen and oxygen atoms in total. The number of anilines is 5. The Bertz CT molecular complexity index is 1000. The zero-order chi connectivity index (χ0) is 18.8. The molecule has 3 aromatic rings. The molecule has 2 heterocycles. The van der Waals surface area contributed by atoms with Crippen LogP contribution in [0.3, 0.4) is 0 Å². The zero-order valence-electron chi connectivity index (χ0n) is 14.9. The lowest BCUT2D eigenvalue weighted by atomic mass is 10.0. The molecule has 0 radical (unpaired) electrons. The van der Waals surface area contributed by atoms with Gasteiger partial charge in [-0.2, -0.15) is 0 Å². The van der Waals surface area contributed by atoms with Crippen molar-refractivity contribution in [3.63, 3.8) is 0 Å². The van der Waals surface area contributed by atoms with E-state index in [1.54, 1.807) is 0 Å². The number of nitrogens with zero attached hydrogens (tertiary/aromatic N) is 2. The minimum atomic E-state index is -0.107. The Labute approximate surface area is 157 Å². The summed E-state index contributed by atoms with van der Waals surface area (Å²) in [6.45, 7) is 1.49. The molecule has 0 aliphatic carbocycles. The maximum absolute atomic E-state index is 11.3. The van der Waals surface area contributed by atoms with E-state index < -0.39 is 0 Å². The second-order valence-electron chi connectivity index (χ2n) is 6.51. The number of carbonyl (C=O) groups is 1. The highest BCUT2D eigenvalue weighted by Crippen LogP contribution is 2.37. The summed E-state index contributed by atoms with van der Waals surface area (Å²) >= 11 is 0. The molecule has 0 fully saturated rings. The monoisotopic (exact) mass is 360 g/mol. The van der Waals surface area contributed by atoms with Gasteiger partial charge in [-0.15, -0.1) is 0 Å². The van der Waals surface area contributed by atoms with E-state index in [9.17, 15) is 4.79 Å². The van der Waals surface area contributed by atoms with Gasteiger partial charge in [0, 0.05) is 36.0 Å². The van der Waals surface area contributed by atoms with Gasteiger partial charge in [0.05, 0.1) is 6.04 Å². The van der Waals surface area contributed by atoms with Crippen molar-refractivity contribution in [2.45, 2.75) is 19.4 Å². The van der Waals surface area contributed by atoms with E-state index in [0.717, 1.165) is 46.2 Å². The van der Waals surface area contributed by atoms with E-state index in [-0.39, 0.29) is 11.9 Å². The van der Waals surface area contributed by atoms with Crippen LogP contribution in [0.15, 0.2) is 54.9 Å². The average Bonchev–Trinajstić information content (AvgIpc) is 3.07. The van der Waals surface area contributed by atoms with Gasteiger partial charge in [0.25, 0.3) is 0 Å². The number of rotatable bonds is 4. The molecule has 0 spiro atoms. The number of nitrogens with one attached hydrogen (secondary N) is 3. The summed E-state index contributed by atoms with van der Waals surface area (Å²) in [7, 11) is 0. The number of aromatic nitrogens is 2. The molecular formula is C20H20N6O. The molecule has 1 aliphatic heterocycles. The normalized spacial score (nSPS) is 14.9. The van der Waals surface area contributed by atoms with Crippen molar-refractivity contribution in [3.8, 4) is 0 Å². The van der Waals surface area contributed by atoms with Gasteiger partial charge in [-0.25, -0.2) is 9.97 Å². The summed E-state index contributed by atoms with van der Waals surface area (Å²) in [5, 5.41) is 9.55. The lowest BCUT2D eigenvalue weighted by molar-refractivity contribution is -0.114. The standard InChI is InChI=1S/C20H20N6O/c1-12(27)24-15-6-3-7-16(9-15)25-19-17-10-18(26-20(17)23-11-22-19)13-4-2-5-14(21)8-13/h2-9,11,18H,10,21H2,1H3,(H,24,27)(H2,22,23,25,26). The molecule has 2 aromatic carbocycles. The minimum Gasteiger partial charge on any atom is -0.399 e. The highest BCUT2D eigenvalue weighted by molar-refractivity contribution is 5.89. The summed E-state index contributed by atoms with van der Waals surface area (Å²) in [6.07, 6.45) is 2.29. The van der Waals surface area contributed by atoms with E-state index in [2.05, 4.69) is 32.0 Å². The van der Waals surface area contributed by atoms with Crippen LogP contribution in [0.1, 0.15) is 24.1 Å². The fraction of sp³-hybridized carbons (Fsp3) is 0.150. The quantitative estimate of drug-likeness (QED) is 0.531. The Morgan fingerprint density at radius 3 is 2.78 bits per heavy atom. The van der Waals surface area contributed by atoms with Crippen molar-refractivity contribution < 1.29 is 4.79 Å². The fourth-order valence-electron chi connectivity index (χ4n) is 3.25. The Kier molecular flexibility index (Phi) is 4.33. The van der Waals surface area contributed by atoms with Gasteiger partial charge in [0.2, 0.25) is 5.91 Å². The van der Waals surface area contributed by atoms with Crippen molar-refractivity contribution in [1.82, 2.24) is 9.97 Å². The first kappa shape index (κ1) is 16.8. The van der Waals surface area contributed by atoms with Gasteiger partial charge in [-0.05, 0) is 35.9 Å². The van der Waals surface area contributed by atoms with Crippen molar-refractivity contribution >= 4 is 34.6 Å². The van der Waals surface area contributed by atoms with Gasteiger partial charge in [-0.1, -0.05) is 18.2 Å². The number of benzene rings is 2. The Morgan fingerprint density at radius 1 is 1.15 bits per heavy atom. The van der Waals surface area contributed by atoms with Crippen molar-refractivity contribution in [2.24, 2.45) is 0 Å². The third-order valence-corrected chi connectivity index (χ3v) is 4.42. The molecule has 1 aliphatic rings. The molecule has 1 amide bonds. The lowest BCUT2D eigenvalue weighted by Gasteiger charge is -2.11. The molecule has 136 valence electrons. The predicted octanol–water partition coefficient (Wildman–Crippen LogP) is 3.47. The van der Waals surface area contributed by atoms with Crippen LogP contribution < -0.4 is 21.7 Å². The van der Waals surface area contributed by atoms with E-state index in [1.165, 1.54) is 13.3 Å². The topological polar surface area (TPSA) is 105 Å². The van der Waals surface area contributed by atoms with Crippen LogP contribution in [-0.4, -0.2) is 15.9 Å². The van der Waals surface area contributed by atoms with Crippen molar-refractivity contribution in [3.05, 3.63) is 66.0 Å². The van der Waals surface area contributed by atoms with E-state index in [0.29, 0.717) is 0 Å². The van der Waals surface area contributed by atoms with Crippen molar-refractivity contribution in [1.29, 1.82) is 0 Å². The Hall–Kier alpha value is -3.61. The molecule has 7 heteroatoms. The second-order valence-corrected chi connectivity index (χ2v) is 6.51. The van der Waals surface area contributed by atoms with Crippen LogP contribution in [-0.2, 0) is 11.2 Å². The number of hydrogen-bond donors (Lipinski definition) is 4. The second kappa shape index (κ2) is 6.95. The number of fused-ring (bicyclic) bond motifs is 1. The smallest absolute Gasteiger partial charge is 0.221 e. The molecule has 1 aromatic heterocycles. The molecule has 27 heavy (non-hydrogen) atoms. The molecule has 0 saturated carbocycles. The van der Waals surface area contributed by atoms with Gasteiger partial charge >= 0.3 is 0 Å². The van der Waals surface area contributed by atoms with Gasteiger partial charge in [0.15, 0.2) is 0 Å². The first-order valence-electron chi connectivity index (χ1n) is 8.69. The number of carbonyl (C=O) groups excluding carboxylic acids is 1. The van der Waals surface area contributed by atoms with Crippen LogP contribution in [0.2, 0.25) is 0 Å². The van der Waals surface area contributed by atoms with E-state index in [4.69, 9.17) is 5.73 Å². The SMILES string of the molecule is CC(=O)Nc1cccc(Nc2ncnc3c2CC(c2cccc(N)c2)N3)c1.